The molecule has 2 aliphatic rings. The third-order valence-electron chi connectivity index (χ3n) is 5.39. The van der Waals surface area contributed by atoms with Crippen molar-refractivity contribution in [3.8, 4) is 11.1 Å². The lowest BCUT2D eigenvalue weighted by atomic mass is 9.99. The van der Waals surface area contributed by atoms with E-state index in [1.165, 1.54) is 17.4 Å². The number of carbonyl (C=O) groups excluding carboxylic acids is 1. The van der Waals surface area contributed by atoms with Crippen LogP contribution in [0.25, 0.3) is 11.1 Å². The van der Waals surface area contributed by atoms with Gasteiger partial charge in [-0.3, -0.25) is 4.79 Å². The topological polar surface area (TPSA) is 84.4 Å². The Bertz CT molecular complexity index is 892. The van der Waals surface area contributed by atoms with E-state index in [2.05, 4.69) is 46.6 Å². The standard InChI is InChI=1S/C21H24N4OS2/c22-15-7-9-25(10-8-15)16-5-6-18(23)17(12-16)14-3-1-13(2-4-14)11-19-20(26)24-21(27)28-19/h1-6,12,15,19H,7-11,22-23H2,(H,24,26,27). The van der Waals surface area contributed by atoms with E-state index in [0.29, 0.717) is 16.8 Å². The van der Waals surface area contributed by atoms with Gasteiger partial charge in [0.1, 0.15) is 4.32 Å². The lowest BCUT2D eigenvalue weighted by molar-refractivity contribution is -0.118. The maximum Gasteiger partial charge on any atom is 0.239 e. The number of rotatable bonds is 4. The highest BCUT2D eigenvalue weighted by Crippen LogP contribution is 2.32. The number of nitrogens with zero attached hydrogens (tertiary/aromatic N) is 1. The summed E-state index contributed by atoms with van der Waals surface area (Å²) in [5.41, 5.74) is 17.5. The van der Waals surface area contributed by atoms with Gasteiger partial charge in [0.2, 0.25) is 5.91 Å². The van der Waals surface area contributed by atoms with Crippen molar-refractivity contribution in [3.63, 3.8) is 0 Å². The summed E-state index contributed by atoms with van der Waals surface area (Å²) in [5.74, 6) is -0.00253. The number of nitrogen functional groups attached to an aromatic ring is 1. The van der Waals surface area contributed by atoms with Gasteiger partial charge in [-0.15, -0.1) is 0 Å². The van der Waals surface area contributed by atoms with Crippen LogP contribution in [0.15, 0.2) is 42.5 Å². The average Bonchev–Trinajstić information content (AvgIpc) is 3.00. The molecule has 0 aromatic heterocycles. The Kier molecular flexibility index (Phi) is 5.57. The van der Waals surface area contributed by atoms with Gasteiger partial charge in [0.25, 0.3) is 0 Å². The fourth-order valence-corrected chi connectivity index (χ4v) is 5.02. The highest BCUT2D eigenvalue weighted by molar-refractivity contribution is 8.24. The second-order valence-electron chi connectivity index (χ2n) is 7.38. The summed E-state index contributed by atoms with van der Waals surface area (Å²) in [6.45, 7) is 1.96. The van der Waals surface area contributed by atoms with Crippen LogP contribution in [-0.2, 0) is 11.2 Å². The number of nitrogens with two attached hydrogens (primary N) is 2. The molecule has 2 aromatic carbocycles. The van der Waals surface area contributed by atoms with Crippen molar-refractivity contribution in [1.82, 2.24) is 5.32 Å². The zero-order chi connectivity index (χ0) is 19.7. The molecule has 1 unspecified atom stereocenters. The van der Waals surface area contributed by atoms with Gasteiger partial charge in [-0.05, 0) is 48.6 Å². The van der Waals surface area contributed by atoms with Crippen LogP contribution in [0.5, 0.6) is 0 Å². The van der Waals surface area contributed by atoms with Crippen molar-refractivity contribution < 1.29 is 4.79 Å². The van der Waals surface area contributed by atoms with E-state index in [1.807, 2.05) is 6.07 Å². The van der Waals surface area contributed by atoms with Crippen LogP contribution in [-0.4, -0.2) is 34.6 Å². The van der Waals surface area contributed by atoms with Crippen molar-refractivity contribution in [2.75, 3.05) is 23.7 Å². The minimum Gasteiger partial charge on any atom is -0.398 e. The minimum absolute atomic E-state index is 0.00253. The second kappa shape index (κ2) is 8.11. The first-order chi connectivity index (χ1) is 13.5. The smallest absolute Gasteiger partial charge is 0.239 e. The normalized spacial score (nSPS) is 20.5. The van der Waals surface area contributed by atoms with E-state index in [0.717, 1.165) is 48.3 Å². The van der Waals surface area contributed by atoms with Gasteiger partial charge in [0, 0.05) is 36.1 Å². The summed E-state index contributed by atoms with van der Waals surface area (Å²) >= 11 is 6.49. The van der Waals surface area contributed by atoms with Crippen LogP contribution in [0.1, 0.15) is 18.4 Å². The molecule has 7 heteroatoms. The number of piperidine rings is 1. The van der Waals surface area contributed by atoms with Crippen LogP contribution in [0.3, 0.4) is 0 Å². The van der Waals surface area contributed by atoms with Crippen LogP contribution < -0.4 is 21.7 Å². The number of carbonyl (C=O) groups is 1. The van der Waals surface area contributed by atoms with E-state index in [9.17, 15) is 4.79 Å². The first kappa shape index (κ1) is 19.2. The largest absolute Gasteiger partial charge is 0.398 e. The van der Waals surface area contributed by atoms with Gasteiger partial charge in [0.15, 0.2) is 0 Å². The number of hydrogen-bond donors (Lipinski definition) is 3. The summed E-state index contributed by atoms with van der Waals surface area (Å²) < 4.78 is 0.565. The Balaban J connectivity index is 1.51. The van der Waals surface area contributed by atoms with Crippen molar-refractivity contribution in [3.05, 3.63) is 48.0 Å². The molecule has 4 rings (SSSR count). The maximum absolute atomic E-state index is 11.9. The van der Waals surface area contributed by atoms with Crippen molar-refractivity contribution >= 4 is 45.6 Å². The third kappa shape index (κ3) is 4.16. The number of thiocarbonyl (C=S) groups is 1. The highest BCUT2D eigenvalue weighted by atomic mass is 32.2. The molecular formula is C21H24N4OS2. The second-order valence-corrected chi connectivity index (χ2v) is 9.26. The molecule has 0 spiro atoms. The number of hydrogen-bond acceptors (Lipinski definition) is 6. The molecule has 2 aliphatic heterocycles. The Morgan fingerprint density at radius 1 is 1.14 bits per heavy atom. The summed E-state index contributed by atoms with van der Waals surface area (Å²) in [4.78, 5) is 14.3. The van der Waals surface area contributed by atoms with Crippen LogP contribution in [0, 0.1) is 0 Å². The molecule has 0 saturated carbocycles. The molecule has 1 atom stereocenters. The molecule has 28 heavy (non-hydrogen) atoms. The number of anilines is 2. The van der Waals surface area contributed by atoms with Gasteiger partial charge in [-0.2, -0.15) is 0 Å². The summed E-state index contributed by atoms with van der Waals surface area (Å²) in [5, 5.41) is 2.56. The van der Waals surface area contributed by atoms with Crippen LogP contribution in [0.2, 0.25) is 0 Å². The average molecular weight is 413 g/mol. The SMILES string of the molecule is Nc1ccc(N2CCC(N)CC2)cc1-c1ccc(CC2SC(=S)NC2=O)cc1. The molecular weight excluding hydrogens is 388 g/mol. The molecule has 0 bridgehead atoms. The fraction of sp³-hybridized carbons (Fsp3) is 0.333. The molecule has 2 saturated heterocycles. The molecule has 0 aliphatic carbocycles. The van der Waals surface area contributed by atoms with Gasteiger partial charge < -0.3 is 21.7 Å². The summed E-state index contributed by atoms with van der Waals surface area (Å²) in [6.07, 6.45) is 2.70. The van der Waals surface area contributed by atoms with Crippen LogP contribution >= 0.6 is 24.0 Å². The Hall–Kier alpha value is -2.09. The molecule has 2 heterocycles. The number of nitrogens with one attached hydrogen (secondary N) is 1. The molecule has 1 amide bonds. The van der Waals surface area contributed by atoms with E-state index in [1.54, 1.807) is 0 Å². The molecule has 5 N–H and O–H groups in total. The minimum atomic E-state index is -0.141. The Morgan fingerprint density at radius 3 is 2.50 bits per heavy atom. The molecule has 5 nitrogen and oxygen atoms in total. The van der Waals surface area contributed by atoms with Gasteiger partial charge in [-0.25, -0.2) is 0 Å². The lowest BCUT2D eigenvalue weighted by Gasteiger charge is -2.32. The molecule has 0 radical (unpaired) electrons. The zero-order valence-electron chi connectivity index (χ0n) is 15.6. The molecule has 2 fully saturated rings. The van der Waals surface area contributed by atoms with E-state index in [4.69, 9.17) is 23.7 Å². The van der Waals surface area contributed by atoms with E-state index < -0.39 is 0 Å². The predicted octanol–water partition coefficient (Wildman–Crippen LogP) is 2.92. The molecule has 2 aromatic rings. The monoisotopic (exact) mass is 412 g/mol. The third-order valence-corrected chi connectivity index (χ3v) is 6.77. The van der Waals surface area contributed by atoms with E-state index in [-0.39, 0.29) is 11.2 Å². The fourth-order valence-electron chi connectivity index (χ4n) is 3.71. The summed E-state index contributed by atoms with van der Waals surface area (Å²) in [6, 6.07) is 14.8. The first-order valence-corrected chi connectivity index (χ1v) is 10.8. The van der Waals surface area contributed by atoms with Gasteiger partial charge in [-0.1, -0.05) is 48.2 Å². The quantitative estimate of drug-likeness (QED) is 0.529. The maximum atomic E-state index is 11.9. The van der Waals surface area contributed by atoms with Crippen molar-refractivity contribution in [1.29, 1.82) is 0 Å². The number of benzene rings is 2. The van der Waals surface area contributed by atoms with E-state index >= 15 is 0 Å². The lowest BCUT2D eigenvalue weighted by Crippen LogP contribution is -2.39. The Morgan fingerprint density at radius 2 is 1.86 bits per heavy atom. The van der Waals surface area contributed by atoms with Crippen LogP contribution in [0.4, 0.5) is 11.4 Å². The zero-order valence-corrected chi connectivity index (χ0v) is 17.2. The number of thioether (sulfide) groups is 1. The first-order valence-electron chi connectivity index (χ1n) is 9.50. The summed E-state index contributed by atoms with van der Waals surface area (Å²) in [7, 11) is 0. The van der Waals surface area contributed by atoms with Crippen molar-refractivity contribution in [2.45, 2.75) is 30.6 Å². The van der Waals surface area contributed by atoms with Gasteiger partial charge in [0.05, 0.1) is 5.25 Å². The number of amides is 1. The predicted molar refractivity (Wildman–Crippen MR) is 122 cm³/mol. The van der Waals surface area contributed by atoms with Crippen molar-refractivity contribution in [2.24, 2.45) is 5.73 Å². The highest BCUT2D eigenvalue weighted by Gasteiger charge is 2.29. The molecule has 146 valence electrons. The Labute approximate surface area is 174 Å². The van der Waals surface area contributed by atoms with Gasteiger partial charge >= 0.3 is 0 Å².